The number of hydrogen-bond acceptors (Lipinski definition) is 2. The minimum atomic E-state index is -0.0140. The number of anilines is 1. The number of hydrogen-bond donors (Lipinski definition) is 1. The van der Waals surface area contributed by atoms with Crippen molar-refractivity contribution in [3.63, 3.8) is 0 Å². The van der Waals surface area contributed by atoms with Crippen LogP contribution in [0, 0.1) is 13.8 Å². The highest BCUT2D eigenvalue weighted by atomic mass is 35.5. The van der Waals surface area contributed by atoms with Gasteiger partial charge >= 0.3 is 6.03 Å². The molecule has 0 unspecified atom stereocenters. The Morgan fingerprint density at radius 2 is 1.72 bits per heavy atom. The SMILES string of the molecule is Cc1ccc(C)c(NC(=O)N2CCN(Cc3ccc(Cl)cc3)CC2)c1. The molecule has 2 aromatic carbocycles. The first-order chi connectivity index (χ1) is 12.0. The zero-order valence-corrected chi connectivity index (χ0v) is 15.5. The summed E-state index contributed by atoms with van der Waals surface area (Å²) in [6.45, 7) is 8.17. The number of aryl methyl sites for hydroxylation is 2. The van der Waals surface area contributed by atoms with Gasteiger partial charge in [0.25, 0.3) is 0 Å². The van der Waals surface area contributed by atoms with Gasteiger partial charge in [-0.1, -0.05) is 35.9 Å². The van der Waals surface area contributed by atoms with Crippen molar-refractivity contribution >= 4 is 23.3 Å². The molecule has 2 aromatic rings. The van der Waals surface area contributed by atoms with Crippen LogP contribution in [0.3, 0.4) is 0 Å². The molecule has 0 aliphatic carbocycles. The van der Waals surface area contributed by atoms with Crippen molar-refractivity contribution in [2.75, 3.05) is 31.5 Å². The molecule has 0 radical (unpaired) electrons. The smallest absolute Gasteiger partial charge is 0.321 e. The van der Waals surface area contributed by atoms with Crippen molar-refractivity contribution in [1.82, 2.24) is 9.80 Å². The van der Waals surface area contributed by atoms with Crippen molar-refractivity contribution < 1.29 is 4.79 Å². The van der Waals surface area contributed by atoms with Crippen LogP contribution in [0.2, 0.25) is 5.02 Å². The van der Waals surface area contributed by atoms with Crippen molar-refractivity contribution in [2.45, 2.75) is 20.4 Å². The number of carbonyl (C=O) groups is 1. The number of nitrogens with zero attached hydrogens (tertiary/aromatic N) is 2. The van der Waals surface area contributed by atoms with Crippen LogP contribution in [0.5, 0.6) is 0 Å². The number of carbonyl (C=O) groups excluding carboxylic acids is 1. The average molecular weight is 358 g/mol. The lowest BCUT2D eigenvalue weighted by Gasteiger charge is -2.34. The van der Waals surface area contributed by atoms with Gasteiger partial charge in [-0.05, 0) is 48.7 Å². The summed E-state index contributed by atoms with van der Waals surface area (Å²) in [4.78, 5) is 16.8. The molecule has 1 aliphatic heterocycles. The number of urea groups is 1. The van der Waals surface area contributed by atoms with Gasteiger partial charge in [0, 0.05) is 43.4 Å². The Hall–Kier alpha value is -2.04. The Morgan fingerprint density at radius 1 is 1.04 bits per heavy atom. The lowest BCUT2D eigenvalue weighted by atomic mass is 10.1. The quantitative estimate of drug-likeness (QED) is 0.888. The molecule has 5 heteroatoms. The fourth-order valence-corrected chi connectivity index (χ4v) is 3.15. The third kappa shape index (κ3) is 4.74. The summed E-state index contributed by atoms with van der Waals surface area (Å²) < 4.78 is 0. The highest BCUT2D eigenvalue weighted by Gasteiger charge is 2.21. The minimum absolute atomic E-state index is 0.0140. The van der Waals surface area contributed by atoms with E-state index in [9.17, 15) is 4.79 Å². The number of benzene rings is 2. The molecule has 0 aromatic heterocycles. The van der Waals surface area contributed by atoms with Gasteiger partial charge < -0.3 is 10.2 Å². The maximum Gasteiger partial charge on any atom is 0.321 e. The summed E-state index contributed by atoms with van der Waals surface area (Å²) in [6, 6.07) is 14.1. The summed E-state index contributed by atoms with van der Waals surface area (Å²) in [5.41, 5.74) is 4.38. The molecule has 2 amide bonds. The van der Waals surface area contributed by atoms with E-state index in [1.807, 2.05) is 43.0 Å². The van der Waals surface area contributed by atoms with Crippen LogP contribution < -0.4 is 5.32 Å². The Morgan fingerprint density at radius 3 is 2.40 bits per heavy atom. The first-order valence-corrected chi connectivity index (χ1v) is 8.99. The van der Waals surface area contributed by atoms with Crippen LogP contribution in [0.1, 0.15) is 16.7 Å². The first kappa shape index (κ1) is 17.8. The van der Waals surface area contributed by atoms with Gasteiger partial charge in [0.1, 0.15) is 0 Å². The number of halogens is 1. The van der Waals surface area contributed by atoms with Gasteiger partial charge in [0.05, 0.1) is 0 Å². The molecule has 132 valence electrons. The normalized spacial score (nSPS) is 15.2. The van der Waals surface area contributed by atoms with Crippen molar-refractivity contribution in [3.8, 4) is 0 Å². The maximum atomic E-state index is 12.5. The van der Waals surface area contributed by atoms with Crippen molar-refractivity contribution in [1.29, 1.82) is 0 Å². The molecule has 25 heavy (non-hydrogen) atoms. The van der Waals surface area contributed by atoms with Crippen molar-refractivity contribution in [2.24, 2.45) is 0 Å². The van der Waals surface area contributed by atoms with Crippen LogP contribution >= 0.6 is 11.6 Å². The molecule has 1 heterocycles. The number of rotatable bonds is 3. The first-order valence-electron chi connectivity index (χ1n) is 8.61. The van der Waals surface area contributed by atoms with E-state index in [4.69, 9.17) is 11.6 Å². The highest BCUT2D eigenvalue weighted by molar-refractivity contribution is 6.30. The second-order valence-corrected chi connectivity index (χ2v) is 7.07. The van der Waals surface area contributed by atoms with Gasteiger partial charge in [0.15, 0.2) is 0 Å². The summed E-state index contributed by atoms with van der Waals surface area (Å²) in [5.74, 6) is 0. The summed E-state index contributed by atoms with van der Waals surface area (Å²) in [7, 11) is 0. The van der Waals surface area contributed by atoms with E-state index >= 15 is 0 Å². The molecule has 0 atom stereocenters. The zero-order valence-electron chi connectivity index (χ0n) is 14.8. The summed E-state index contributed by atoms with van der Waals surface area (Å²) >= 11 is 5.93. The molecule has 1 N–H and O–H groups in total. The molecular formula is C20H24ClN3O. The van der Waals surface area contributed by atoms with Gasteiger partial charge in [-0.15, -0.1) is 0 Å². The summed E-state index contributed by atoms with van der Waals surface area (Å²) in [6.07, 6.45) is 0. The van der Waals surface area contributed by atoms with Crippen LogP contribution in [-0.2, 0) is 6.54 Å². The van der Waals surface area contributed by atoms with E-state index < -0.39 is 0 Å². The van der Waals surface area contributed by atoms with Gasteiger partial charge in [-0.3, -0.25) is 4.90 Å². The predicted octanol–water partition coefficient (Wildman–Crippen LogP) is 4.31. The number of nitrogens with one attached hydrogen (secondary N) is 1. The van der Waals surface area contributed by atoms with Gasteiger partial charge in [-0.25, -0.2) is 4.79 Å². The molecule has 0 bridgehead atoms. The standard InChI is InChI=1S/C20H24ClN3O/c1-15-3-4-16(2)19(13-15)22-20(25)24-11-9-23(10-12-24)14-17-5-7-18(21)8-6-17/h3-8,13H,9-12,14H2,1-2H3,(H,22,25). The third-order valence-corrected chi connectivity index (χ3v) is 4.87. The number of piperazine rings is 1. The minimum Gasteiger partial charge on any atom is -0.322 e. The molecule has 4 nitrogen and oxygen atoms in total. The fourth-order valence-electron chi connectivity index (χ4n) is 3.02. The van der Waals surface area contributed by atoms with E-state index in [2.05, 4.69) is 28.4 Å². The van der Waals surface area contributed by atoms with E-state index in [1.165, 1.54) is 5.56 Å². The Labute approximate surface area is 154 Å². The fraction of sp³-hybridized carbons (Fsp3) is 0.350. The van der Waals surface area contributed by atoms with Crippen molar-refractivity contribution in [3.05, 3.63) is 64.2 Å². The molecule has 1 aliphatic rings. The Kier molecular flexibility index (Phi) is 5.61. The van der Waals surface area contributed by atoms with Crippen LogP contribution in [0.15, 0.2) is 42.5 Å². The Bertz CT molecular complexity index is 737. The van der Waals surface area contributed by atoms with Gasteiger partial charge in [-0.2, -0.15) is 0 Å². The third-order valence-electron chi connectivity index (χ3n) is 4.61. The zero-order chi connectivity index (χ0) is 17.8. The molecule has 0 saturated carbocycles. The van der Waals surface area contributed by atoms with Crippen LogP contribution in [-0.4, -0.2) is 42.0 Å². The second-order valence-electron chi connectivity index (χ2n) is 6.64. The Balaban J connectivity index is 1.52. The molecule has 3 rings (SSSR count). The van der Waals surface area contributed by atoms with E-state index in [0.717, 1.165) is 54.6 Å². The molecule has 0 spiro atoms. The lowest BCUT2D eigenvalue weighted by molar-refractivity contribution is 0.143. The topological polar surface area (TPSA) is 35.6 Å². The van der Waals surface area contributed by atoms with Crippen LogP contribution in [0.4, 0.5) is 10.5 Å². The molecule has 1 fully saturated rings. The highest BCUT2D eigenvalue weighted by Crippen LogP contribution is 2.18. The van der Waals surface area contributed by atoms with E-state index in [1.54, 1.807) is 0 Å². The van der Waals surface area contributed by atoms with E-state index in [0.29, 0.717) is 0 Å². The van der Waals surface area contributed by atoms with E-state index in [-0.39, 0.29) is 6.03 Å². The molecule has 1 saturated heterocycles. The summed E-state index contributed by atoms with van der Waals surface area (Å²) in [5, 5.41) is 3.81. The van der Waals surface area contributed by atoms with Crippen LogP contribution in [0.25, 0.3) is 0 Å². The average Bonchev–Trinajstić information content (AvgIpc) is 2.61. The maximum absolute atomic E-state index is 12.5. The van der Waals surface area contributed by atoms with Gasteiger partial charge in [0.2, 0.25) is 0 Å². The largest absolute Gasteiger partial charge is 0.322 e. The predicted molar refractivity (Wildman–Crippen MR) is 103 cm³/mol. The second kappa shape index (κ2) is 7.89. The monoisotopic (exact) mass is 357 g/mol. The number of amides is 2. The lowest BCUT2D eigenvalue weighted by Crippen LogP contribution is -2.49. The molecular weight excluding hydrogens is 334 g/mol.